The fraction of sp³-hybridized carbons (Fsp3) is 0.444. The molecule has 9 nitrogen and oxygen atoms in total. The van der Waals surface area contributed by atoms with E-state index >= 15 is 0 Å². The molecule has 0 fully saturated rings. The van der Waals surface area contributed by atoms with Crippen LogP contribution >= 0.6 is 0 Å². The van der Waals surface area contributed by atoms with E-state index in [1.54, 1.807) is 0 Å². The van der Waals surface area contributed by atoms with Gasteiger partial charge in [-0.25, -0.2) is 4.68 Å². The summed E-state index contributed by atoms with van der Waals surface area (Å²) in [4.78, 5) is 16.4. The van der Waals surface area contributed by atoms with Crippen molar-refractivity contribution in [3.05, 3.63) is 47.5 Å². The average Bonchev–Trinajstić information content (AvgIpc) is 3.31. The van der Waals surface area contributed by atoms with E-state index in [9.17, 15) is 4.79 Å². The summed E-state index contributed by atoms with van der Waals surface area (Å²) in [6.07, 6.45) is 2.77. The predicted octanol–water partition coefficient (Wildman–Crippen LogP) is 2.17. The van der Waals surface area contributed by atoms with Gasteiger partial charge in [0.05, 0.1) is 6.54 Å². The lowest BCUT2D eigenvalue weighted by Crippen LogP contribution is -2.15. The second-order valence-corrected chi connectivity index (χ2v) is 6.98. The first-order chi connectivity index (χ1) is 13.0. The van der Waals surface area contributed by atoms with Crippen LogP contribution in [0.2, 0.25) is 0 Å². The summed E-state index contributed by atoms with van der Waals surface area (Å²) < 4.78 is 1.49. The molecule has 0 radical (unpaired) electrons. The molecule has 142 valence electrons. The van der Waals surface area contributed by atoms with Crippen molar-refractivity contribution >= 4 is 11.9 Å². The third kappa shape index (κ3) is 5.19. The molecule has 0 aliphatic carbocycles. The van der Waals surface area contributed by atoms with Crippen LogP contribution in [-0.4, -0.2) is 41.3 Å². The van der Waals surface area contributed by atoms with Crippen LogP contribution < -0.4 is 5.32 Å². The molecule has 2 heterocycles. The molecule has 0 saturated heterocycles. The zero-order chi connectivity index (χ0) is 19.2. The zero-order valence-electron chi connectivity index (χ0n) is 15.8. The van der Waals surface area contributed by atoms with Gasteiger partial charge < -0.3 is 0 Å². The van der Waals surface area contributed by atoms with Gasteiger partial charge in [0.25, 0.3) is 0 Å². The fourth-order valence-corrected chi connectivity index (χ4v) is 2.78. The molecule has 1 unspecified atom stereocenters. The van der Waals surface area contributed by atoms with Gasteiger partial charge in [0, 0.05) is 12.3 Å². The van der Waals surface area contributed by atoms with Gasteiger partial charge in [-0.1, -0.05) is 45.0 Å². The molecule has 0 saturated carbocycles. The zero-order valence-corrected chi connectivity index (χ0v) is 15.8. The van der Waals surface area contributed by atoms with Crippen molar-refractivity contribution in [3.63, 3.8) is 0 Å². The van der Waals surface area contributed by atoms with Crippen molar-refractivity contribution in [2.75, 3.05) is 5.32 Å². The topological polar surface area (TPSA) is 114 Å². The maximum atomic E-state index is 12.0. The van der Waals surface area contributed by atoms with E-state index in [0.717, 1.165) is 12.0 Å². The quantitative estimate of drug-likeness (QED) is 0.630. The second kappa shape index (κ2) is 8.52. The van der Waals surface area contributed by atoms with Crippen LogP contribution in [-0.2, 0) is 17.8 Å². The Labute approximate surface area is 157 Å². The summed E-state index contributed by atoms with van der Waals surface area (Å²) in [5.41, 5.74) is 2.48. The third-order valence-electron chi connectivity index (χ3n) is 4.25. The number of carbonyl (C=O) groups excluding carboxylic acids is 1. The van der Waals surface area contributed by atoms with Crippen LogP contribution in [0.4, 0.5) is 5.95 Å². The highest BCUT2D eigenvalue weighted by molar-refractivity contribution is 5.88. The Bertz CT molecular complexity index is 854. The summed E-state index contributed by atoms with van der Waals surface area (Å²) in [7, 11) is 0. The van der Waals surface area contributed by atoms with Crippen molar-refractivity contribution in [3.8, 4) is 0 Å². The first-order valence-corrected chi connectivity index (χ1v) is 9.03. The van der Waals surface area contributed by atoms with Crippen LogP contribution in [0.5, 0.6) is 0 Å². The summed E-state index contributed by atoms with van der Waals surface area (Å²) in [5.74, 6) is 1.48. The van der Waals surface area contributed by atoms with Crippen LogP contribution in [0.1, 0.15) is 50.1 Å². The van der Waals surface area contributed by atoms with E-state index in [2.05, 4.69) is 81.1 Å². The molecule has 3 rings (SSSR count). The Hall–Kier alpha value is -3.10. The number of anilines is 1. The first kappa shape index (κ1) is 18.7. The monoisotopic (exact) mass is 368 g/mol. The number of amides is 1. The molecule has 1 aromatic carbocycles. The van der Waals surface area contributed by atoms with Crippen LogP contribution in [0, 0.1) is 5.92 Å². The summed E-state index contributed by atoms with van der Waals surface area (Å²) in [6, 6.07) is 8.55. The maximum absolute atomic E-state index is 12.0. The van der Waals surface area contributed by atoms with Crippen molar-refractivity contribution < 1.29 is 4.79 Å². The lowest BCUT2D eigenvalue weighted by molar-refractivity contribution is -0.116. The highest BCUT2D eigenvalue weighted by atomic mass is 16.1. The molecular weight excluding hydrogens is 344 g/mol. The van der Waals surface area contributed by atoms with Gasteiger partial charge in [-0.3, -0.25) is 15.2 Å². The Morgan fingerprint density at radius 1 is 1.22 bits per heavy atom. The Morgan fingerprint density at radius 3 is 2.67 bits per heavy atom. The van der Waals surface area contributed by atoms with Crippen LogP contribution in [0.3, 0.4) is 0 Å². The average molecular weight is 368 g/mol. The van der Waals surface area contributed by atoms with Crippen molar-refractivity contribution in [1.82, 2.24) is 35.4 Å². The molecular formula is C18H24N8O. The van der Waals surface area contributed by atoms with Gasteiger partial charge in [0.15, 0.2) is 0 Å². The van der Waals surface area contributed by atoms with Gasteiger partial charge in [-0.2, -0.15) is 4.98 Å². The minimum Gasteiger partial charge on any atom is -0.293 e. The number of benzene rings is 1. The highest BCUT2D eigenvalue weighted by Crippen LogP contribution is 2.22. The molecule has 2 N–H and O–H groups in total. The minimum absolute atomic E-state index is 0.0532. The van der Waals surface area contributed by atoms with E-state index in [4.69, 9.17) is 0 Å². The van der Waals surface area contributed by atoms with Gasteiger partial charge >= 0.3 is 0 Å². The number of hydrogen-bond acceptors (Lipinski definition) is 6. The molecule has 0 aliphatic rings. The van der Waals surface area contributed by atoms with Gasteiger partial charge in [-0.15, -0.1) is 10.2 Å². The lowest BCUT2D eigenvalue weighted by Gasteiger charge is -2.10. The van der Waals surface area contributed by atoms with E-state index in [1.165, 1.54) is 16.6 Å². The van der Waals surface area contributed by atoms with Crippen molar-refractivity contribution in [2.45, 2.75) is 46.1 Å². The number of tetrazole rings is 1. The number of carbonyl (C=O) groups is 1. The molecule has 0 bridgehead atoms. The normalized spacial score (nSPS) is 12.3. The van der Waals surface area contributed by atoms with Crippen molar-refractivity contribution in [1.29, 1.82) is 0 Å². The molecule has 1 atom stereocenters. The summed E-state index contributed by atoms with van der Waals surface area (Å²) in [5, 5.41) is 20.5. The smallest absolute Gasteiger partial charge is 0.248 e. The maximum Gasteiger partial charge on any atom is 0.248 e. The Balaban J connectivity index is 1.56. The number of aromatic nitrogens is 7. The number of nitrogens with one attached hydrogen (secondary N) is 2. The number of aryl methyl sites for hydroxylation is 1. The molecule has 9 heteroatoms. The fourth-order valence-electron chi connectivity index (χ4n) is 2.78. The molecule has 2 aromatic heterocycles. The molecule has 27 heavy (non-hydrogen) atoms. The number of H-pyrrole nitrogens is 1. The predicted molar refractivity (Wildman–Crippen MR) is 99.9 cm³/mol. The third-order valence-corrected chi connectivity index (χ3v) is 4.25. The molecule has 0 aliphatic heterocycles. The van der Waals surface area contributed by atoms with Gasteiger partial charge in [0.1, 0.15) is 12.2 Å². The van der Waals surface area contributed by atoms with Crippen LogP contribution in [0.25, 0.3) is 0 Å². The minimum atomic E-state index is -0.193. The Morgan fingerprint density at radius 2 is 2.00 bits per heavy atom. The molecule has 1 amide bonds. The van der Waals surface area contributed by atoms with E-state index in [-0.39, 0.29) is 24.2 Å². The van der Waals surface area contributed by atoms with Crippen LogP contribution in [0.15, 0.2) is 30.6 Å². The Kier molecular flexibility index (Phi) is 5.90. The number of rotatable bonds is 8. The molecule has 3 aromatic rings. The summed E-state index contributed by atoms with van der Waals surface area (Å²) >= 11 is 0. The van der Waals surface area contributed by atoms with Gasteiger partial charge in [-0.05, 0) is 33.9 Å². The van der Waals surface area contributed by atoms with E-state index in [1.807, 2.05) is 0 Å². The number of aromatic amines is 1. The second-order valence-electron chi connectivity index (χ2n) is 6.98. The summed E-state index contributed by atoms with van der Waals surface area (Å²) in [6.45, 7) is 6.88. The van der Waals surface area contributed by atoms with Gasteiger partial charge in [0.2, 0.25) is 11.9 Å². The largest absolute Gasteiger partial charge is 0.293 e. The highest BCUT2D eigenvalue weighted by Gasteiger charge is 2.15. The van der Waals surface area contributed by atoms with E-state index < -0.39 is 0 Å². The standard InChI is InChI=1S/C18H24N8O/c1-12(2)10-14-4-6-15(7-5-14)13(3)17-21-18(23-22-17)20-16(27)8-9-26-11-19-24-25-26/h4-7,11-13H,8-10H2,1-3H3,(H2,20,21,22,23,27). The number of hydrogen-bond donors (Lipinski definition) is 2. The molecule has 0 spiro atoms. The van der Waals surface area contributed by atoms with E-state index in [0.29, 0.717) is 18.3 Å². The van der Waals surface area contributed by atoms with Crippen molar-refractivity contribution in [2.24, 2.45) is 5.92 Å². The number of nitrogens with zero attached hydrogens (tertiary/aromatic N) is 6. The SMILES string of the molecule is CC(C)Cc1ccc(C(C)c2nc(NC(=O)CCn3cnnn3)n[nH]2)cc1. The first-order valence-electron chi connectivity index (χ1n) is 9.03. The lowest BCUT2D eigenvalue weighted by atomic mass is 9.96.